The molecule has 0 spiro atoms. The number of hydrogen-bond acceptors (Lipinski definition) is 3. The lowest BCUT2D eigenvalue weighted by molar-refractivity contribution is -0.383. The summed E-state index contributed by atoms with van der Waals surface area (Å²) in [6, 6.07) is 0. The standard InChI is InChI=1S/C31H45F6NO3/c1-18(4-9-26(40)38-15-12-20(17-38)29(41,30(32,33)34)31(35,36)37)23-7-8-24-22-6-5-19-16-21(39)10-13-27(19,2)25(22)11-14-28(23,24)3/h5,18,20-25,39,41H,4,6-17H2,1-3H3/t18?,20-,21+,22+,23-,24+,25+,27+,28-/m1/s1. The highest BCUT2D eigenvalue weighted by Crippen LogP contribution is 2.67. The van der Waals surface area contributed by atoms with Crippen molar-refractivity contribution < 1.29 is 41.4 Å². The fraction of sp³-hybridized carbons (Fsp3) is 0.903. The van der Waals surface area contributed by atoms with Crippen LogP contribution in [-0.4, -0.2) is 58.2 Å². The van der Waals surface area contributed by atoms with Gasteiger partial charge in [-0.25, -0.2) is 0 Å². The monoisotopic (exact) mass is 593 g/mol. The number of fused-ring (bicyclic) bond motifs is 5. The number of rotatable bonds is 5. The van der Waals surface area contributed by atoms with E-state index in [4.69, 9.17) is 0 Å². The van der Waals surface area contributed by atoms with Crippen LogP contribution in [0.1, 0.15) is 91.4 Å². The predicted molar refractivity (Wildman–Crippen MR) is 141 cm³/mol. The van der Waals surface area contributed by atoms with Gasteiger partial charge in [0.25, 0.3) is 5.60 Å². The molecule has 0 bridgehead atoms. The largest absolute Gasteiger partial charge is 0.426 e. The van der Waals surface area contributed by atoms with Gasteiger partial charge in [0.15, 0.2) is 0 Å². The van der Waals surface area contributed by atoms with Gasteiger partial charge in [-0.1, -0.05) is 32.4 Å². The molecule has 0 radical (unpaired) electrons. The van der Waals surface area contributed by atoms with Gasteiger partial charge in [-0.05, 0) is 105 Å². The molecule has 1 unspecified atom stereocenters. The number of carbonyl (C=O) groups excluding carboxylic acids is 1. The first-order valence-corrected chi connectivity index (χ1v) is 15.4. The molecule has 5 aliphatic rings. The number of allylic oxidation sites excluding steroid dienone is 1. The lowest BCUT2D eigenvalue weighted by atomic mass is 9.47. The molecule has 41 heavy (non-hydrogen) atoms. The smallest absolute Gasteiger partial charge is 0.393 e. The topological polar surface area (TPSA) is 60.8 Å². The van der Waals surface area contributed by atoms with Crippen LogP contribution < -0.4 is 0 Å². The van der Waals surface area contributed by atoms with E-state index in [-0.39, 0.29) is 35.8 Å². The van der Waals surface area contributed by atoms with E-state index >= 15 is 0 Å². The molecule has 0 aromatic rings. The summed E-state index contributed by atoms with van der Waals surface area (Å²) in [5.74, 6) is -0.119. The second-order valence-electron chi connectivity index (χ2n) is 14.5. The van der Waals surface area contributed by atoms with Crippen molar-refractivity contribution >= 4 is 5.91 Å². The third kappa shape index (κ3) is 4.95. The Morgan fingerprint density at radius 2 is 1.71 bits per heavy atom. The Bertz CT molecular complexity index is 1030. The van der Waals surface area contributed by atoms with Crippen molar-refractivity contribution in [1.82, 2.24) is 4.90 Å². The Kier molecular flexibility index (Phi) is 7.91. The highest BCUT2D eigenvalue weighted by Gasteiger charge is 2.74. The summed E-state index contributed by atoms with van der Waals surface area (Å²) in [5, 5.41) is 20.0. The lowest BCUT2D eigenvalue weighted by Gasteiger charge is -2.58. The molecule has 1 heterocycles. The van der Waals surface area contributed by atoms with E-state index in [1.807, 2.05) is 0 Å². The Morgan fingerprint density at radius 1 is 1.02 bits per heavy atom. The third-order valence-electron chi connectivity index (χ3n) is 12.6. The van der Waals surface area contributed by atoms with Crippen LogP contribution in [0.3, 0.4) is 0 Å². The Labute approximate surface area is 238 Å². The summed E-state index contributed by atoms with van der Waals surface area (Å²) in [5.41, 5.74) is -3.07. The molecule has 1 saturated heterocycles. The summed E-state index contributed by atoms with van der Waals surface area (Å²) >= 11 is 0. The van der Waals surface area contributed by atoms with Gasteiger partial charge in [-0.3, -0.25) is 4.79 Å². The Morgan fingerprint density at radius 3 is 2.37 bits per heavy atom. The minimum absolute atomic E-state index is 0.0835. The number of nitrogens with zero attached hydrogens (tertiary/aromatic N) is 1. The molecule has 4 fully saturated rings. The zero-order chi connectivity index (χ0) is 30.2. The van der Waals surface area contributed by atoms with Crippen molar-refractivity contribution in [1.29, 1.82) is 0 Å². The van der Waals surface area contributed by atoms with E-state index in [2.05, 4.69) is 26.8 Å². The summed E-state index contributed by atoms with van der Waals surface area (Å²) < 4.78 is 79.9. The molecule has 0 aromatic carbocycles. The van der Waals surface area contributed by atoms with Crippen LogP contribution in [0.25, 0.3) is 0 Å². The van der Waals surface area contributed by atoms with E-state index in [0.29, 0.717) is 30.1 Å². The third-order valence-corrected chi connectivity index (χ3v) is 12.6. The van der Waals surface area contributed by atoms with Crippen LogP contribution in [0, 0.1) is 46.3 Å². The maximum Gasteiger partial charge on any atom is 0.426 e. The first kappa shape index (κ1) is 31.1. The van der Waals surface area contributed by atoms with Crippen molar-refractivity contribution in [3.63, 3.8) is 0 Å². The zero-order valence-electron chi connectivity index (χ0n) is 24.3. The van der Waals surface area contributed by atoms with Crippen molar-refractivity contribution in [2.75, 3.05) is 13.1 Å². The summed E-state index contributed by atoms with van der Waals surface area (Å²) in [4.78, 5) is 14.0. The van der Waals surface area contributed by atoms with Gasteiger partial charge in [0.05, 0.1) is 6.10 Å². The van der Waals surface area contributed by atoms with Crippen LogP contribution in [0.4, 0.5) is 26.3 Å². The zero-order valence-corrected chi connectivity index (χ0v) is 24.3. The SMILES string of the molecule is CC(CCC(=O)N1CC[C@@H](C(O)(C(F)(F)F)C(F)(F)F)C1)[C@H]1CC[C@H]2[C@@H]3CC=C4C[C@@H](O)CC[C@]4(C)[C@H]3CC[C@]12C. The van der Waals surface area contributed by atoms with E-state index in [9.17, 15) is 41.4 Å². The highest BCUT2D eigenvalue weighted by molar-refractivity contribution is 5.76. The van der Waals surface area contributed by atoms with Crippen LogP contribution in [0.2, 0.25) is 0 Å². The number of halogens is 6. The molecule has 1 amide bonds. The number of aliphatic hydroxyl groups is 2. The molecular formula is C31H45F6NO3. The summed E-state index contributed by atoms with van der Waals surface area (Å²) in [7, 11) is 0. The molecule has 234 valence electrons. The van der Waals surface area contributed by atoms with Gasteiger partial charge < -0.3 is 15.1 Å². The van der Waals surface area contributed by atoms with Crippen LogP contribution in [-0.2, 0) is 4.79 Å². The quantitative estimate of drug-likeness (QED) is 0.265. The maximum atomic E-state index is 13.3. The van der Waals surface area contributed by atoms with E-state index in [1.54, 1.807) is 0 Å². The second kappa shape index (κ2) is 10.4. The molecule has 5 rings (SSSR count). The van der Waals surface area contributed by atoms with Gasteiger partial charge >= 0.3 is 12.4 Å². The molecule has 3 saturated carbocycles. The normalized spacial score (nSPS) is 40.5. The van der Waals surface area contributed by atoms with Gasteiger partial charge in [-0.2, -0.15) is 26.3 Å². The lowest BCUT2D eigenvalue weighted by Crippen LogP contribution is -2.62. The van der Waals surface area contributed by atoms with Crippen LogP contribution >= 0.6 is 0 Å². The Hall–Kier alpha value is -1.29. The molecule has 10 heteroatoms. The van der Waals surface area contributed by atoms with E-state index in [0.717, 1.165) is 56.3 Å². The van der Waals surface area contributed by atoms with E-state index in [1.165, 1.54) is 5.57 Å². The molecule has 9 atom stereocenters. The maximum absolute atomic E-state index is 13.3. The molecule has 1 aliphatic heterocycles. The van der Waals surface area contributed by atoms with E-state index < -0.39 is 42.7 Å². The highest BCUT2D eigenvalue weighted by atomic mass is 19.4. The fourth-order valence-corrected chi connectivity index (χ4v) is 10.3. The van der Waals surface area contributed by atoms with Crippen molar-refractivity contribution in [2.24, 2.45) is 46.3 Å². The fourth-order valence-electron chi connectivity index (χ4n) is 10.3. The first-order chi connectivity index (χ1) is 18.9. The molecule has 2 N–H and O–H groups in total. The van der Waals surface area contributed by atoms with Crippen molar-refractivity contribution in [2.45, 2.75) is 115 Å². The van der Waals surface area contributed by atoms with Gasteiger partial charge in [-0.15, -0.1) is 0 Å². The van der Waals surface area contributed by atoms with Crippen LogP contribution in [0.5, 0.6) is 0 Å². The molecule has 4 aliphatic carbocycles. The Balaban J connectivity index is 1.20. The minimum Gasteiger partial charge on any atom is -0.393 e. The number of hydrogen-bond donors (Lipinski definition) is 2. The second-order valence-corrected chi connectivity index (χ2v) is 14.5. The minimum atomic E-state index is -5.87. The predicted octanol–water partition coefficient (Wildman–Crippen LogP) is 7.05. The van der Waals surface area contributed by atoms with Gasteiger partial charge in [0, 0.05) is 25.4 Å². The summed E-state index contributed by atoms with van der Waals surface area (Å²) in [6.07, 6.45) is -1.26. The number of aliphatic hydroxyl groups excluding tert-OH is 1. The van der Waals surface area contributed by atoms with Gasteiger partial charge in [0.2, 0.25) is 5.91 Å². The molecule has 4 nitrogen and oxygen atoms in total. The van der Waals surface area contributed by atoms with Gasteiger partial charge in [0.1, 0.15) is 0 Å². The van der Waals surface area contributed by atoms with Crippen molar-refractivity contribution in [3.8, 4) is 0 Å². The number of alkyl halides is 6. The molecular weight excluding hydrogens is 548 g/mol. The average molecular weight is 594 g/mol. The van der Waals surface area contributed by atoms with Crippen molar-refractivity contribution in [3.05, 3.63) is 11.6 Å². The van der Waals surface area contributed by atoms with Crippen LogP contribution in [0.15, 0.2) is 11.6 Å². The summed E-state index contributed by atoms with van der Waals surface area (Å²) in [6.45, 7) is 5.97. The first-order valence-electron chi connectivity index (χ1n) is 15.4. The average Bonchev–Trinajstić information content (AvgIpc) is 3.51. The number of amides is 1. The number of carbonyl (C=O) groups is 1. The molecule has 0 aromatic heterocycles. The number of likely N-dealkylation sites (tertiary alicyclic amines) is 1.